The van der Waals surface area contributed by atoms with Crippen molar-refractivity contribution in [1.82, 2.24) is 0 Å². The normalized spacial score (nSPS) is 17.3. The Hall–Kier alpha value is -2.63. The monoisotopic (exact) mass is 432 g/mol. The molecule has 6 heteroatoms. The van der Waals surface area contributed by atoms with Crippen molar-refractivity contribution < 1.29 is 27.4 Å². The minimum atomic E-state index is -1.17. The number of ether oxygens (including phenoxy) is 3. The molecule has 31 heavy (non-hydrogen) atoms. The summed E-state index contributed by atoms with van der Waals surface area (Å²) in [7, 11) is 0. The van der Waals surface area contributed by atoms with E-state index in [0.29, 0.717) is 17.0 Å². The quantitative estimate of drug-likeness (QED) is 0.373. The van der Waals surface area contributed by atoms with E-state index in [1.54, 1.807) is 13.0 Å². The third-order valence-corrected chi connectivity index (χ3v) is 5.96. The van der Waals surface area contributed by atoms with Crippen LogP contribution in [0, 0.1) is 23.4 Å². The average Bonchev–Trinajstić information content (AvgIpc) is 2.78. The van der Waals surface area contributed by atoms with Gasteiger partial charge in [0.15, 0.2) is 23.0 Å². The first-order chi connectivity index (χ1) is 15.0. The molecule has 2 aromatic rings. The molecule has 2 aromatic carbocycles. The summed E-state index contributed by atoms with van der Waals surface area (Å²) in [6.07, 6.45) is 7.78. The van der Waals surface area contributed by atoms with Gasteiger partial charge in [0.1, 0.15) is 6.61 Å². The predicted octanol–water partition coefficient (Wildman–Crippen LogP) is 7.10. The van der Waals surface area contributed by atoms with E-state index in [1.165, 1.54) is 25.0 Å². The van der Waals surface area contributed by atoms with Crippen LogP contribution in [0.2, 0.25) is 0 Å². The first kappa shape index (κ1) is 21.6. The highest BCUT2D eigenvalue weighted by Gasteiger charge is 2.29. The molecular weight excluding hydrogens is 405 g/mol. The van der Waals surface area contributed by atoms with Gasteiger partial charge in [-0.15, -0.1) is 0 Å². The molecule has 0 saturated heterocycles. The van der Waals surface area contributed by atoms with E-state index in [2.05, 4.69) is 13.0 Å². The molecule has 2 aliphatic rings. The maximum absolute atomic E-state index is 14.8. The topological polar surface area (TPSA) is 27.7 Å². The fraction of sp³-hybridized carbons (Fsp3) is 0.440. The molecule has 0 bridgehead atoms. The van der Waals surface area contributed by atoms with Gasteiger partial charge < -0.3 is 14.2 Å². The van der Waals surface area contributed by atoms with Crippen molar-refractivity contribution in [3.63, 3.8) is 0 Å². The van der Waals surface area contributed by atoms with Gasteiger partial charge in [-0.2, -0.15) is 13.2 Å². The molecule has 1 unspecified atom stereocenters. The zero-order chi connectivity index (χ0) is 22.0. The van der Waals surface area contributed by atoms with Gasteiger partial charge in [0.05, 0.1) is 6.61 Å². The van der Waals surface area contributed by atoms with Gasteiger partial charge in [-0.25, -0.2) is 0 Å². The predicted molar refractivity (Wildman–Crippen MR) is 113 cm³/mol. The second-order valence-electron chi connectivity index (χ2n) is 8.15. The Labute approximate surface area is 180 Å². The van der Waals surface area contributed by atoms with Gasteiger partial charge in [0.2, 0.25) is 17.5 Å². The summed E-state index contributed by atoms with van der Waals surface area (Å²) in [6, 6.07) is 4.65. The number of benzene rings is 2. The standard InChI is InChI=1S/C25H27F3O3/c1-3-5-15-6-8-16(9-7-15)14-30-20-13-18-12-17-10-11-19(29-4-2)22(27)24(17)31-25(18)23(28)21(20)26/h8,10-11,13,15H,3-7,9,12,14H2,1-2H3. The lowest BCUT2D eigenvalue weighted by atomic mass is 9.87. The molecule has 4 rings (SSSR count). The smallest absolute Gasteiger partial charge is 0.207 e. The number of allylic oxidation sites excluding steroid dienone is 1. The van der Waals surface area contributed by atoms with Crippen LogP contribution in [0.1, 0.15) is 57.1 Å². The molecule has 0 saturated carbocycles. The highest BCUT2D eigenvalue weighted by atomic mass is 19.2. The maximum atomic E-state index is 14.8. The van der Waals surface area contributed by atoms with Crippen molar-refractivity contribution >= 4 is 0 Å². The second-order valence-corrected chi connectivity index (χ2v) is 8.15. The minimum Gasteiger partial charge on any atom is -0.491 e. The van der Waals surface area contributed by atoms with Gasteiger partial charge in [0, 0.05) is 17.5 Å². The molecule has 1 heterocycles. The molecule has 0 amide bonds. The Balaban J connectivity index is 1.52. The van der Waals surface area contributed by atoms with Crippen LogP contribution in [-0.2, 0) is 6.42 Å². The zero-order valence-corrected chi connectivity index (χ0v) is 17.9. The fourth-order valence-electron chi connectivity index (χ4n) is 4.30. The van der Waals surface area contributed by atoms with Crippen molar-refractivity contribution in [3.8, 4) is 23.0 Å². The van der Waals surface area contributed by atoms with Crippen molar-refractivity contribution in [3.05, 3.63) is 58.4 Å². The van der Waals surface area contributed by atoms with E-state index in [9.17, 15) is 13.2 Å². The minimum absolute atomic E-state index is 0.0208. The number of hydrogen-bond donors (Lipinski definition) is 0. The van der Waals surface area contributed by atoms with Gasteiger partial charge >= 0.3 is 0 Å². The van der Waals surface area contributed by atoms with Crippen molar-refractivity contribution in [1.29, 1.82) is 0 Å². The fourth-order valence-corrected chi connectivity index (χ4v) is 4.30. The Kier molecular flexibility index (Phi) is 6.44. The Bertz CT molecular complexity index is 1000. The molecule has 166 valence electrons. The van der Waals surface area contributed by atoms with E-state index in [4.69, 9.17) is 14.2 Å². The summed E-state index contributed by atoms with van der Waals surface area (Å²) in [6.45, 7) is 4.44. The van der Waals surface area contributed by atoms with E-state index in [-0.39, 0.29) is 42.6 Å². The van der Waals surface area contributed by atoms with Crippen molar-refractivity contribution in [2.45, 2.75) is 52.4 Å². The lowest BCUT2D eigenvalue weighted by Crippen LogP contribution is -2.13. The molecule has 0 aromatic heterocycles. The molecular formula is C25H27F3O3. The van der Waals surface area contributed by atoms with Crippen LogP contribution in [0.15, 0.2) is 29.8 Å². The second kappa shape index (κ2) is 9.25. The van der Waals surface area contributed by atoms with E-state index in [0.717, 1.165) is 24.8 Å². The zero-order valence-electron chi connectivity index (χ0n) is 17.9. The van der Waals surface area contributed by atoms with Crippen LogP contribution in [0.5, 0.6) is 23.0 Å². The van der Waals surface area contributed by atoms with Crippen molar-refractivity contribution in [2.75, 3.05) is 13.2 Å². The van der Waals surface area contributed by atoms with Crippen molar-refractivity contribution in [2.24, 2.45) is 5.92 Å². The van der Waals surface area contributed by atoms with Gasteiger partial charge in [-0.05, 0) is 49.8 Å². The van der Waals surface area contributed by atoms with Crippen LogP contribution < -0.4 is 14.2 Å². The molecule has 0 fully saturated rings. The highest BCUT2D eigenvalue weighted by molar-refractivity contribution is 5.55. The molecule has 0 radical (unpaired) electrons. The van der Waals surface area contributed by atoms with Gasteiger partial charge in [-0.3, -0.25) is 0 Å². The van der Waals surface area contributed by atoms with Gasteiger partial charge in [0.25, 0.3) is 0 Å². The summed E-state index contributed by atoms with van der Waals surface area (Å²) >= 11 is 0. The Morgan fingerprint density at radius 3 is 2.48 bits per heavy atom. The lowest BCUT2D eigenvalue weighted by Gasteiger charge is -2.24. The summed E-state index contributed by atoms with van der Waals surface area (Å²) in [5.74, 6) is -2.85. The SMILES string of the molecule is CCCC1CC=C(COc2cc3c(c(F)c2F)Oc2c(ccc(OCC)c2F)C3)CC1. The average molecular weight is 432 g/mol. The van der Waals surface area contributed by atoms with Crippen LogP contribution in [0.4, 0.5) is 13.2 Å². The third kappa shape index (κ3) is 4.39. The van der Waals surface area contributed by atoms with Crippen LogP contribution in [0.3, 0.4) is 0 Å². The molecule has 0 spiro atoms. The van der Waals surface area contributed by atoms with Crippen LogP contribution >= 0.6 is 0 Å². The summed E-state index contributed by atoms with van der Waals surface area (Å²) in [5, 5.41) is 0. The molecule has 1 aliphatic heterocycles. The molecule has 3 nitrogen and oxygen atoms in total. The van der Waals surface area contributed by atoms with Crippen LogP contribution in [-0.4, -0.2) is 13.2 Å². The molecule has 1 atom stereocenters. The summed E-state index contributed by atoms with van der Waals surface area (Å²) < 4.78 is 60.4. The maximum Gasteiger partial charge on any atom is 0.207 e. The summed E-state index contributed by atoms with van der Waals surface area (Å²) in [4.78, 5) is 0. The number of hydrogen-bond acceptors (Lipinski definition) is 3. The number of rotatable bonds is 7. The lowest BCUT2D eigenvalue weighted by molar-refractivity contribution is 0.299. The Morgan fingerprint density at radius 1 is 0.968 bits per heavy atom. The number of fused-ring (bicyclic) bond motifs is 2. The molecule has 1 aliphatic carbocycles. The van der Waals surface area contributed by atoms with Crippen LogP contribution in [0.25, 0.3) is 0 Å². The highest BCUT2D eigenvalue weighted by Crippen LogP contribution is 2.44. The first-order valence-corrected chi connectivity index (χ1v) is 10.9. The Morgan fingerprint density at radius 2 is 1.77 bits per heavy atom. The van der Waals surface area contributed by atoms with E-state index >= 15 is 0 Å². The summed E-state index contributed by atoms with van der Waals surface area (Å²) in [5.41, 5.74) is 2.07. The van der Waals surface area contributed by atoms with Gasteiger partial charge in [-0.1, -0.05) is 31.9 Å². The molecule has 0 N–H and O–H groups in total. The third-order valence-electron chi connectivity index (χ3n) is 5.96. The number of halogens is 3. The first-order valence-electron chi connectivity index (χ1n) is 10.9. The van der Waals surface area contributed by atoms with E-state index < -0.39 is 17.5 Å². The largest absolute Gasteiger partial charge is 0.491 e. The van der Waals surface area contributed by atoms with E-state index in [1.807, 2.05) is 0 Å².